The van der Waals surface area contributed by atoms with Crippen LogP contribution in [0.15, 0.2) is 60.0 Å². The van der Waals surface area contributed by atoms with Gasteiger partial charge in [-0.1, -0.05) is 0 Å². The first-order valence-electron chi connectivity index (χ1n) is 7.43. The van der Waals surface area contributed by atoms with Crippen molar-refractivity contribution in [3.8, 4) is 11.3 Å². The molecule has 2 aliphatic rings. The zero-order chi connectivity index (χ0) is 15.9. The number of hydrogen-bond donors (Lipinski definition) is 3. The van der Waals surface area contributed by atoms with Gasteiger partial charge in [-0.05, 0) is 12.2 Å². The summed E-state index contributed by atoms with van der Waals surface area (Å²) in [7, 11) is 0. The number of anilines is 1. The molecule has 0 amide bonds. The fraction of sp³-hybridized carbons (Fsp3) is 0.0667. The van der Waals surface area contributed by atoms with Crippen molar-refractivity contribution in [2.75, 3.05) is 5.32 Å². The van der Waals surface area contributed by atoms with Gasteiger partial charge in [-0.15, -0.1) is 0 Å². The highest BCUT2D eigenvalue weighted by atomic mass is 15.6. The van der Waals surface area contributed by atoms with Gasteiger partial charge in [-0.25, -0.2) is 15.0 Å². The number of hydrazine groups is 1. The molecule has 1 unspecified atom stereocenters. The minimum absolute atomic E-state index is 0.125. The Hall–Kier alpha value is -3.62. The van der Waals surface area contributed by atoms with Crippen molar-refractivity contribution in [3.05, 3.63) is 55.0 Å². The molecule has 3 N–H and O–H groups in total. The summed E-state index contributed by atoms with van der Waals surface area (Å²) in [6.45, 7) is 0. The highest BCUT2D eigenvalue weighted by Crippen LogP contribution is 2.25. The molecule has 0 saturated heterocycles. The van der Waals surface area contributed by atoms with Gasteiger partial charge in [-0.3, -0.25) is 19.9 Å². The van der Waals surface area contributed by atoms with Crippen molar-refractivity contribution < 1.29 is 0 Å². The molecule has 5 heterocycles. The van der Waals surface area contributed by atoms with Crippen molar-refractivity contribution in [2.45, 2.75) is 6.17 Å². The van der Waals surface area contributed by atoms with Gasteiger partial charge in [0.05, 0.1) is 23.8 Å². The molecule has 0 bridgehead atoms. The molecule has 3 aromatic heterocycles. The quantitative estimate of drug-likeness (QED) is 0.669. The third kappa shape index (κ3) is 1.88. The van der Waals surface area contributed by atoms with Gasteiger partial charge in [0, 0.05) is 30.4 Å². The van der Waals surface area contributed by atoms with Crippen LogP contribution in [-0.2, 0) is 0 Å². The van der Waals surface area contributed by atoms with Gasteiger partial charge in [0.25, 0.3) is 0 Å². The smallest absolute Gasteiger partial charge is 0.181 e. The predicted octanol–water partition coefficient (Wildman–Crippen LogP) is 1.12. The maximum absolute atomic E-state index is 4.51. The van der Waals surface area contributed by atoms with E-state index < -0.39 is 0 Å². The Kier molecular flexibility index (Phi) is 2.65. The number of rotatable bonds is 3. The lowest BCUT2D eigenvalue weighted by molar-refractivity contribution is 0.305. The predicted molar refractivity (Wildman–Crippen MR) is 88.7 cm³/mol. The van der Waals surface area contributed by atoms with Crippen molar-refractivity contribution in [1.82, 2.24) is 35.0 Å². The van der Waals surface area contributed by atoms with E-state index in [-0.39, 0.29) is 6.17 Å². The molecular weight excluding hydrogens is 306 g/mol. The van der Waals surface area contributed by atoms with E-state index in [1.807, 2.05) is 46.4 Å². The van der Waals surface area contributed by atoms with E-state index in [2.05, 4.69) is 35.9 Å². The van der Waals surface area contributed by atoms with Crippen molar-refractivity contribution in [1.29, 1.82) is 0 Å². The summed E-state index contributed by atoms with van der Waals surface area (Å²) in [5.74, 6) is 0.677. The average Bonchev–Trinajstić information content (AvgIpc) is 3.35. The molecule has 9 nitrogen and oxygen atoms in total. The summed E-state index contributed by atoms with van der Waals surface area (Å²) >= 11 is 0. The largest absolute Gasteiger partial charge is 0.337 e. The molecular formula is C15H13N9. The Morgan fingerprint density at radius 2 is 2.21 bits per heavy atom. The number of aromatic amines is 1. The summed E-state index contributed by atoms with van der Waals surface area (Å²) in [5, 5.41) is 12.1. The van der Waals surface area contributed by atoms with E-state index in [0.29, 0.717) is 5.82 Å². The molecule has 9 heteroatoms. The zero-order valence-corrected chi connectivity index (χ0v) is 12.5. The minimum atomic E-state index is -0.125. The molecule has 24 heavy (non-hydrogen) atoms. The number of imidazole rings is 1. The lowest BCUT2D eigenvalue weighted by Crippen LogP contribution is -2.38. The standard InChI is InChI=1S/C15H13N9/c1-2-11(14-18-9-21-24(14)4-1)22-13-15-17-8-12(10-6-19-20-7-10)23(15)5-3-16-13/h1-9,14H,(H,16,22)(H,18,21)(H,19,20). The lowest BCUT2D eigenvalue weighted by Gasteiger charge is -2.26. The van der Waals surface area contributed by atoms with Crippen LogP contribution >= 0.6 is 0 Å². The van der Waals surface area contributed by atoms with Gasteiger partial charge >= 0.3 is 0 Å². The van der Waals surface area contributed by atoms with Crippen LogP contribution in [0.4, 0.5) is 5.82 Å². The monoisotopic (exact) mass is 319 g/mol. The van der Waals surface area contributed by atoms with Gasteiger partial charge in [0.15, 0.2) is 17.6 Å². The molecule has 0 radical (unpaired) electrons. The summed E-state index contributed by atoms with van der Waals surface area (Å²) < 4.78 is 1.98. The molecule has 0 aromatic carbocycles. The Morgan fingerprint density at radius 1 is 1.21 bits per heavy atom. The molecule has 1 atom stereocenters. The van der Waals surface area contributed by atoms with E-state index in [0.717, 1.165) is 22.6 Å². The minimum Gasteiger partial charge on any atom is -0.337 e. The van der Waals surface area contributed by atoms with Crippen molar-refractivity contribution in [3.63, 3.8) is 0 Å². The molecule has 118 valence electrons. The van der Waals surface area contributed by atoms with Crippen LogP contribution in [0.2, 0.25) is 0 Å². The summed E-state index contributed by atoms with van der Waals surface area (Å²) in [6.07, 6.45) is 16.5. The van der Waals surface area contributed by atoms with E-state index in [4.69, 9.17) is 0 Å². The van der Waals surface area contributed by atoms with Gasteiger partial charge in [-0.2, -0.15) is 5.10 Å². The van der Waals surface area contributed by atoms with Crippen LogP contribution in [0.1, 0.15) is 0 Å². The lowest BCUT2D eigenvalue weighted by atomic mass is 10.2. The second kappa shape index (κ2) is 4.95. The van der Waals surface area contributed by atoms with E-state index in [1.165, 1.54) is 0 Å². The fourth-order valence-electron chi connectivity index (χ4n) is 2.85. The topological polar surface area (TPSA) is 98.5 Å². The maximum atomic E-state index is 4.51. The SMILES string of the molecule is C1=CN2NC=NC2C(Nc2nccn3c(-c4cn[nH]c4)cnc23)=C1. The Labute approximate surface area is 136 Å². The molecule has 0 spiro atoms. The highest BCUT2D eigenvalue weighted by Gasteiger charge is 2.25. The number of nitrogens with one attached hydrogen (secondary N) is 3. The van der Waals surface area contributed by atoms with Crippen LogP contribution in [0, 0.1) is 0 Å². The molecule has 2 aliphatic heterocycles. The summed E-state index contributed by atoms with van der Waals surface area (Å²) in [4.78, 5) is 13.3. The second-order valence-electron chi connectivity index (χ2n) is 5.38. The number of H-pyrrole nitrogens is 1. The fourth-order valence-corrected chi connectivity index (χ4v) is 2.85. The van der Waals surface area contributed by atoms with E-state index >= 15 is 0 Å². The first-order valence-corrected chi connectivity index (χ1v) is 7.43. The number of hydrogen-bond acceptors (Lipinski definition) is 7. The van der Waals surface area contributed by atoms with Crippen LogP contribution in [-0.4, -0.2) is 42.1 Å². The normalized spacial score (nSPS) is 18.6. The van der Waals surface area contributed by atoms with Crippen LogP contribution < -0.4 is 10.7 Å². The van der Waals surface area contributed by atoms with Gasteiger partial charge < -0.3 is 5.32 Å². The van der Waals surface area contributed by atoms with Crippen molar-refractivity contribution in [2.24, 2.45) is 4.99 Å². The average molecular weight is 319 g/mol. The zero-order valence-electron chi connectivity index (χ0n) is 12.5. The molecule has 0 fully saturated rings. The third-order valence-corrected chi connectivity index (χ3v) is 3.97. The number of allylic oxidation sites excluding steroid dienone is 2. The molecule has 0 aliphatic carbocycles. The molecule has 5 rings (SSSR count). The first kappa shape index (κ1) is 12.9. The number of fused-ring (bicyclic) bond motifs is 2. The third-order valence-electron chi connectivity index (χ3n) is 3.97. The Bertz CT molecular complexity index is 980. The number of nitrogens with zero attached hydrogens (tertiary/aromatic N) is 6. The Morgan fingerprint density at radius 3 is 3.12 bits per heavy atom. The summed E-state index contributed by atoms with van der Waals surface area (Å²) in [6, 6.07) is 0. The number of aliphatic imine (C=N–C) groups is 1. The Balaban J connectivity index is 1.55. The van der Waals surface area contributed by atoms with E-state index in [1.54, 1.807) is 18.7 Å². The maximum Gasteiger partial charge on any atom is 0.181 e. The van der Waals surface area contributed by atoms with Crippen LogP contribution in [0.5, 0.6) is 0 Å². The summed E-state index contributed by atoms with van der Waals surface area (Å²) in [5.41, 5.74) is 6.64. The van der Waals surface area contributed by atoms with Crippen LogP contribution in [0.25, 0.3) is 16.9 Å². The number of aromatic nitrogens is 5. The second-order valence-corrected chi connectivity index (χ2v) is 5.38. The molecule has 0 saturated carbocycles. The highest BCUT2D eigenvalue weighted by molar-refractivity contribution is 5.71. The van der Waals surface area contributed by atoms with Gasteiger partial charge in [0.2, 0.25) is 0 Å². The van der Waals surface area contributed by atoms with Crippen LogP contribution in [0.3, 0.4) is 0 Å². The van der Waals surface area contributed by atoms with Crippen molar-refractivity contribution >= 4 is 17.8 Å². The van der Waals surface area contributed by atoms with E-state index in [9.17, 15) is 0 Å². The van der Waals surface area contributed by atoms with Gasteiger partial charge in [0.1, 0.15) is 6.34 Å². The first-order chi connectivity index (χ1) is 11.9. The molecule has 3 aromatic rings.